The van der Waals surface area contributed by atoms with Crippen molar-refractivity contribution in [1.29, 1.82) is 0 Å². The van der Waals surface area contributed by atoms with Gasteiger partial charge in [0.2, 0.25) is 0 Å². The summed E-state index contributed by atoms with van der Waals surface area (Å²) in [7, 11) is 0. The summed E-state index contributed by atoms with van der Waals surface area (Å²) in [5.41, 5.74) is 2.01. The summed E-state index contributed by atoms with van der Waals surface area (Å²) in [5, 5.41) is 2.28. The first-order valence-corrected chi connectivity index (χ1v) is 6.22. The first-order valence-electron chi connectivity index (χ1n) is 6.22. The van der Waals surface area contributed by atoms with Crippen molar-refractivity contribution in [2.45, 2.75) is 0 Å². The minimum atomic E-state index is 0.761. The molecule has 0 radical (unpaired) electrons. The molecule has 0 amide bonds. The molecule has 4 nitrogen and oxygen atoms in total. The fraction of sp³-hybridized carbons (Fsp3) is 0. The van der Waals surface area contributed by atoms with Gasteiger partial charge in [-0.25, -0.2) is 9.97 Å². The molecule has 2 aromatic heterocycles. The molecule has 20 heavy (non-hydrogen) atoms. The van der Waals surface area contributed by atoms with Crippen molar-refractivity contribution in [3.8, 4) is 22.6 Å². The minimum absolute atomic E-state index is 0.761. The fourth-order valence-corrected chi connectivity index (χ4v) is 2.27. The van der Waals surface area contributed by atoms with Gasteiger partial charge in [0.15, 0.2) is 24.3 Å². The molecular formula is C16H10N2O2. The smallest absolute Gasteiger partial charge is 0.181 e. The summed E-state index contributed by atoms with van der Waals surface area (Å²) in [4.78, 5) is 7.89. The monoisotopic (exact) mass is 262 g/mol. The lowest BCUT2D eigenvalue weighted by Gasteiger charge is -2.03. The number of benzene rings is 2. The van der Waals surface area contributed by atoms with Crippen LogP contribution in [0.25, 0.3) is 33.4 Å². The highest BCUT2D eigenvalue weighted by Crippen LogP contribution is 2.28. The van der Waals surface area contributed by atoms with Crippen LogP contribution < -0.4 is 0 Å². The van der Waals surface area contributed by atoms with E-state index in [1.54, 1.807) is 12.4 Å². The normalized spacial score (nSPS) is 11.0. The number of aromatic nitrogens is 2. The van der Waals surface area contributed by atoms with Crippen LogP contribution in [0.4, 0.5) is 0 Å². The van der Waals surface area contributed by atoms with Crippen LogP contribution in [0, 0.1) is 0 Å². The lowest BCUT2D eigenvalue weighted by Crippen LogP contribution is -1.79. The van der Waals surface area contributed by atoms with Gasteiger partial charge in [0.05, 0.1) is 12.4 Å². The molecule has 0 aliphatic carbocycles. The predicted molar refractivity (Wildman–Crippen MR) is 74.9 cm³/mol. The highest BCUT2D eigenvalue weighted by Gasteiger charge is 2.06. The van der Waals surface area contributed by atoms with E-state index in [1.165, 1.54) is 12.8 Å². The topological polar surface area (TPSA) is 52.1 Å². The molecule has 0 atom stereocenters. The van der Waals surface area contributed by atoms with Crippen LogP contribution in [0.1, 0.15) is 0 Å². The maximum Gasteiger partial charge on any atom is 0.181 e. The van der Waals surface area contributed by atoms with Gasteiger partial charge in [0, 0.05) is 11.1 Å². The lowest BCUT2D eigenvalue weighted by molar-refractivity contribution is 0.572. The standard InChI is InChI=1S/C16H10N2O2/c1-3-12(15-7-17-9-19-15)5-14-6-13(4-2-11(1)14)16-8-18-10-20-16/h1-10H. The van der Waals surface area contributed by atoms with E-state index in [2.05, 4.69) is 34.2 Å². The van der Waals surface area contributed by atoms with Gasteiger partial charge in [-0.2, -0.15) is 0 Å². The molecule has 0 saturated carbocycles. The van der Waals surface area contributed by atoms with Crippen LogP contribution in [-0.4, -0.2) is 9.97 Å². The van der Waals surface area contributed by atoms with Crippen molar-refractivity contribution < 1.29 is 8.83 Å². The van der Waals surface area contributed by atoms with Crippen LogP contribution in [0.3, 0.4) is 0 Å². The quantitative estimate of drug-likeness (QED) is 0.544. The molecule has 0 fully saturated rings. The van der Waals surface area contributed by atoms with E-state index in [0.29, 0.717) is 0 Å². The van der Waals surface area contributed by atoms with Crippen molar-refractivity contribution in [3.63, 3.8) is 0 Å². The van der Waals surface area contributed by atoms with Gasteiger partial charge in [0.1, 0.15) is 0 Å². The number of nitrogens with zero attached hydrogens (tertiary/aromatic N) is 2. The third-order valence-electron chi connectivity index (χ3n) is 3.27. The van der Waals surface area contributed by atoms with E-state index in [9.17, 15) is 0 Å². The third-order valence-corrected chi connectivity index (χ3v) is 3.27. The molecule has 0 spiro atoms. The van der Waals surface area contributed by atoms with E-state index >= 15 is 0 Å². The Hall–Kier alpha value is -2.88. The maximum absolute atomic E-state index is 5.33. The number of rotatable bonds is 2. The molecule has 0 saturated heterocycles. The average Bonchev–Trinajstić information content (AvgIpc) is 3.19. The van der Waals surface area contributed by atoms with Crippen molar-refractivity contribution in [2.75, 3.05) is 0 Å². The summed E-state index contributed by atoms with van der Waals surface area (Å²) in [5.74, 6) is 1.52. The van der Waals surface area contributed by atoms with Gasteiger partial charge in [0.25, 0.3) is 0 Å². The van der Waals surface area contributed by atoms with E-state index in [4.69, 9.17) is 8.83 Å². The third kappa shape index (κ3) is 1.78. The second kappa shape index (κ2) is 4.35. The second-order valence-corrected chi connectivity index (χ2v) is 4.51. The minimum Gasteiger partial charge on any atom is -0.444 e. The molecule has 96 valence electrons. The summed E-state index contributed by atoms with van der Waals surface area (Å²) in [6, 6.07) is 12.3. The molecule has 4 heteroatoms. The Morgan fingerprint density at radius 1 is 0.650 bits per heavy atom. The Kier molecular flexibility index (Phi) is 2.39. The van der Waals surface area contributed by atoms with Gasteiger partial charge >= 0.3 is 0 Å². The zero-order valence-electron chi connectivity index (χ0n) is 10.5. The number of hydrogen-bond acceptors (Lipinski definition) is 4. The van der Waals surface area contributed by atoms with E-state index in [1.807, 2.05) is 12.1 Å². The van der Waals surface area contributed by atoms with Crippen molar-refractivity contribution in [3.05, 3.63) is 61.6 Å². The van der Waals surface area contributed by atoms with Gasteiger partial charge in [-0.15, -0.1) is 0 Å². The number of oxazole rings is 2. The largest absolute Gasteiger partial charge is 0.444 e. The van der Waals surface area contributed by atoms with Crippen LogP contribution in [-0.2, 0) is 0 Å². The number of hydrogen-bond donors (Lipinski definition) is 0. The van der Waals surface area contributed by atoms with Crippen LogP contribution in [0.2, 0.25) is 0 Å². The zero-order valence-corrected chi connectivity index (χ0v) is 10.5. The maximum atomic E-state index is 5.33. The summed E-state index contributed by atoms with van der Waals surface area (Å²) in [6.07, 6.45) is 6.29. The summed E-state index contributed by atoms with van der Waals surface area (Å²) < 4.78 is 10.7. The van der Waals surface area contributed by atoms with E-state index < -0.39 is 0 Å². The molecule has 2 heterocycles. The fourth-order valence-electron chi connectivity index (χ4n) is 2.27. The Bertz CT molecular complexity index is 780. The molecule has 0 bridgehead atoms. The van der Waals surface area contributed by atoms with Gasteiger partial charge in [-0.05, 0) is 22.9 Å². The van der Waals surface area contributed by atoms with E-state index in [-0.39, 0.29) is 0 Å². The van der Waals surface area contributed by atoms with Crippen LogP contribution >= 0.6 is 0 Å². The highest BCUT2D eigenvalue weighted by molar-refractivity contribution is 5.89. The van der Waals surface area contributed by atoms with Gasteiger partial charge in [-0.1, -0.05) is 24.3 Å². The predicted octanol–water partition coefficient (Wildman–Crippen LogP) is 4.15. The lowest BCUT2D eigenvalue weighted by atomic mass is 10.0. The summed E-state index contributed by atoms with van der Waals surface area (Å²) >= 11 is 0. The Morgan fingerprint density at radius 2 is 1.20 bits per heavy atom. The van der Waals surface area contributed by atoms with Crippen molar-refractivity contribution >= 4 is 10.8 Å². The molecule has 4 rings (SSSR count). The molecule has 0 aliphatic rings. The Labute approximate surface area is 114 Å². The average molecular weight is 262 g/mol. The number of fused-ring (bicyclic) bond motifs is 1. The molecular weight excluding hydrogens is 252 g/mol. The van der Waals surface area contributed by atoms with Crippen LogP contribution in [0.15, 0.2) is 70.4 Å². The van der Waals surface area contributed by atoms with Crippen LogP contribution in [0.5, 0.6) is 0 Å². The van der Waals surface area contributed by atoms with Crippen molar-refractivity contribution in [1.82, 2.24) is 9.97 Å². The molecule has 0 aliphatic heterocycles. The Balaban J connectivity index is 1.88. The van der Waals surface area contributed by atoms with Gasteiger partial charge < -0.3 is 8.83 Å². The Morgan fingerprint density at radius 3 is 1.65 bits per heavy atom. The second-order valence-electron chi connectivity index (χ2n) is 4.51. The molecule has 2 aromatic carbocycles. The van der Waals surface area contributed by atoms with E-state index in [0.717, 1.165) is 33.4 Å². The first-order chi connectivity index (χ1) is 9.90. The molecule has 0 unspecified atom stereocenters. The first kappa shape index (κ1) is 11.0. The molecule has 0 N–H and O–H groups in total. The summed E-state index contributed by atoms with van der Waals surface area (Å²) in [6.45, 7) is 0. The van der Waals surface area contributed by atoms with Crippen molar-refractivity contribution in [2.24, 2.45) is 0 Å². The SMILES string of the molecule is c1ncc(-c2ccc3ccc(-c4cnco4)cc3c2)o1. The van der Waals surface area contributed by atoms with Gasteiger partial charge in [-0.3, -0.25) is 0 Å². The molecule has 4 aromatic rings. The zero-order chi connectivity index (χ0) is 13.4. The highest BCUT2D eigenvalue weighted by atomic mass is 16.3.